The van der Waals surface area contributed by atoms with Crippen LogP contribution in [-0.2, 0) is 24.2 Å². The first-order chi connectivity index (χ1) is 17.8. The highest BCUT2D eigenvalue weighted by atomic mass is 16.5. The minimum atomic E-state index is -0.752. The largest absolute Gasteiger partial charge is 0.474 e. The molecule has 0 aliphatic carbocycles. The van der Waals surface area contributed by atoms with Crippen LogP contribution in [0.25, 0.3) is 0 Å². The van der Waals surface area contributed by atoms with Gasteiger partial charge in [-0.1, -0.05) is 12.1 Å². The number of carbonyl (C=O) groups excluding carboxylic acids is 1. The van der Waals surface area contributed by atoms with Crippen molar-refractivity contribution in [1.82, 2.24) is 19.9 Å². The molecule has 10 heteroatoms. The molecule has 1 amide bonds. The molecule has 6 rings (SSSR count). The third-order valence-electron chi connectivity index (χ3n) is 7.19. The molecule has 0 atom stereocenters. The molecule has 3 aromatic rings. The number of fused-ring (bicyclic) bond motifs is 2. The van der Waals surface area contributed by atoms with Gasteiger partial charge in [0, 0.05) is 30.5 Å². The lowest BCUT2D eigenvalue weighted by molar-refractivity contribution is -0.151. The topological polar surface area (TPSA) is 116 Å². The minimum absolute atomic E-state index is 0.0301. The molecule has 3 aliphatic rings. The van der Waals surface area contributed by atoms with Gasteiger partial charge in [0.25, 0.3) is 0 Å². The van der Waals surface area contributed by atoms with Crippen molar-refractivity contribution in [3.63, 3.8) is 0 Å². The van der Waals surface area contributed by atoms with Crippen LogP contribution in [0, 0.1) is 6.92 Å². The van der Waals surface area contributed by atoms with Crippen molar-refractivity contribution in [2.24, 2.45) is 0 Å². The van der Waals surface area contributed by atoms with Crippen molar-refractivity contribution in [3.8, 4) is 5.88 Å². The van der Waals surface area contributed by atoms with Gasteiger partial charge >= 0.3 is 0 Å². The fourth-order valence-corrected chi connectivity index (χ4v) is 5.17. The average molecular weight is 502 g/mol. The smallest absolute Gasteiger partial charge is 0.237 e. The first kappa shape index (κ1) is 23.5. The summed E-state index contributed by atoms with van der Waals surface area (Å²) in [6, 6.07) is 7.73. The second kappa shape index (κ2) is 9.19. The van der Waals surface area contributed by atoms with E-state index < -0.39 is 5.60 Å². The number of aliphatic hydroxyl groups is 1. The Morgan fingerprint density at radius 1 is 1.22 bits per heavy atom. The number of hydrogen-bond acceptors (Lipinski definition) is 9. The third-order valence-corrected chi connectivity index (χ3v) is 7.19. The van der Waals surface area contributed by atoms with E-state index in [0.717, 1.165) is 59.0 Å². The standard InChI is InChI=1S/C27H31N7O3/c1-17-22(13-29-25-24(17)28-8-10-37-25)33-9-7-19-12-30-26(32-21(19)14-33)31-20-5-3-18(4-6-20)11-23(35)34-15-27(2,36)16-34/h3-6,12-13,28,36H,7-11,14-16H2,1-2H3,(H,30,31,32). The number of anilines is 4. The maximum absolute atomic E-state index is 12.4. The predicted octanol–water partition coefficient (Wildman–Crippen LogP) is 2.43. The van der Waals surface area contributed by atoms with Gasteiger partial charge in [-0.3, -0.25) is 4.79 Å². The van der Waals surface area contributed by atoms with Gasteiger partial charge in [-0.25, -0.2) is 15.0 Å². The lowest BCUT2D eigenvalue weighted by atomic mass is 9.96. The molecule has 0 saturated carbocycles. The number of pyridine rings is 1. The number of likely N-dealkylation sites (tertiary alicyclic amines) is 1. The number of nitrogens with one attached hydrogen (secondary N) is 2. The summed E-state index contributed by atoms with van der Waals surface area (Å²) in [4.78, 5) is 30.2. The maximum Gasteiger partial charge on any atom is 0.237 e. The van der Waals surface area contributed by atoms with E-state index >= 15 is 0 Å². The molecule has 192 valence electrons. The zero-order chi connectivity index (χ0) is 25.6. The van der Waals surface area contributed by atoms with Crippen molar-refractivity contribution in [2.75, 3.05) is 48.3 Å². The Kier molecular flexibility index (Phi) is 5.83. The van der Waals surface area contributed by atoms with Gasteiger partial charge in [0.15, 0.2) is 0 Å². The van der Waals surface area contributed by atoms with Crippen molar-refractivity contribution >= 4 is 28.9 Å². The first-order valence-corrected chi connectivity index (χ1v) is 12.7. The molecule has 1 saturated heterocycles. The molecule has 0 radical (unpaired) electrons. The monoisotopic (exact) mass is 501 g/mol. The van der Waals surface area contributed by atoms with Crippen LogP contribution in [0.1, 0.15) is 29.3 Å². The van der Waals surface area contributed by atoms with Gasteiger partial charge in [0.05, 0.1) is 49.2 Å². The second-order valence-corrected chi connectivity index (χ2v) is 10.3. The summed E-state index contributed by atoms with van der Waals surface area (Å²) in [7, 11) is 0. The van der Waals surface area contributed by atoms with Crippen LogP contribution in [0.3, 0.4) is 0 Å². The average Bonchev–Trinajstić information content (AvgIpc) is 2.88. The van der Waals surface area contributed by atoms with Gasteiger partial charge in [0.1, 0.15) is 12.3 Å². The fourth-order valence-electron chi connectivity index (χ4n) is 5.17. The van der Waals surface area contributed by atoms with Crippen molar-refractivity contribution in [2.45, 2.75) is 38.8 Å². The highest BCUT2D eigenvalue weighted by molar-refractivity contribution is 5.80. The van der Waals surface area contributed by atoms with Crippen molar-refractivity contribution < 1.29 is 14.6 Å². The summed E-state index contributed by atoms with van der Waals surface area (Å²) in [6.07, 6.45) is 4.99. The number of β-amino-alcohol motifs (C(OH)–C–C–N with tert-alkyl or cyclic N) is 1. The van der Waals surface area contributed by atoms with E-state index in [1.165, 1.54) is 0 Å². The molecule has 0 spiro atoms. The lowest BCUT2D eigenvalue weighted by Crippen LogP contribution is -2.62. The maximum atomic E-state index is 12.4. The highest BCUT2D eigenvalue weighted by Crippen LogP contribution is 2.36. The Labute approximate surface area is 215 Å². The van der Waals surface area contributed by atoms with Gasteiger partial charge in [-0.15, -0.1) is 0 Å². The summed E-state index contributed by atoms with van der Waals surface area (Å²) in [5, 5.41) is 16.6. The zero-order valence-corrected chi connectivity index (χ0v) is 21.1. The molecule has 3 aliphatic heterocycles. The molecular weight excluding hydrogens is 470 g/mol. The molecule has 0 bridgehead atoms. The van der Waals surface area contributed by atoms with Crippen LogP contribution in [-0.4, -0.2) is 69.3 Å². The third kappa shape index (κ3) is 4.76. The summed E-state index contributed by atoms with van der Waals surface area (Å²) >= 11 is 0. The van der Waals surface area contributed by atoms with Crippen LogP contribution in [0.15, 0.2) is 36.7 Å². The number of carbonyl (C=O) groups is 1. The van der Waals surface area contributed by atoms with Crippen LogP contribution >= 0.6 is 0 Å². The molecule has 1 aromatic carbocycles. The molecule has 37 heavy (non-hydrogen) atoms. The minimum Gasteiger partial charge on any atom is -0.474 e. The van der Waals surface area contributed by atoms with Crippen molar-refractivity contribution in [1.29, 1.82) is 0 Å². The molecule has 3 N–H and O–H groups in total. The van der Waals surface area contributed by atoms with Gasteiger partial charge in [0.2, 0.25) is 17.7 Å². The summed E-state index contributed by atoms with van der Waals surface area (Å²) in [6.45, 7) is 7.61. The predicted molar refractivity (Wildman–Crippen MR) is 140 cm³/mol. The van der Waals surface area contributed by atoms with E-state index in [2.05, 4.69) is 32.4 Å². The second-order valence-electron chi connectivity index (χ2n) is 10.3. The lowest BCUT2D eigenvalue weighted by Gasteiger charge is -2.44. The van der Waals surface area contributed by atoms with Crippen LogP contribution in [0.2, 0.25) is 0 Å². The van der Waals surface area contributed by atoms with E-state index in [4.69, 9.17) is 9.72 Å². The molecule has 5 heterocycles. The first-order valence-electron chi connectivity index (χ1n) is 12.7. The molecule has 2 aromatic heterocycles. The van der Waals surface area contributed by atoms with Crippen LogP contribution < -0.4 is 20.3 Å². The molecule has 0 unspecified atom stereocenters. The van der Waals surface area contributed by atoms with Gasteiger partial charge < -0.3 is 30.3 Å². The van der Waals surface area contributed by atoms with Crippen LogP contribution in [0.5, 0.6) is 5.88 Å². The summed E-state index contributed by atoms with van der Waals surface area (Å²) in [5.74, 6) is 1.24. The number of ether oxygens (including phenoxy) is 1. The SMILES string of the molecule is Cc1c(N2CCc3cnc(Nc4ccc(CC(=O)N5CC(C)(O)C5)cc4)nc3C2)cnc2c1NCCO2. The van der Waals surface area contributed by atoms with Gasteiger partial charge in [-0.05, 0) is 43.5 Å². The normalized spacial score (nSPS) is 17.6. The van der Waals surface area contributed by atoms with Crippen molar-refractivity contribution in [3.05, 3.63) is 59.0 Å². The molecule has 1 fully saturated rings. The zero-order valence-electron chi connectivity index (χ0n) is 21.1. The number of rotatable bonds is 5. The van der Waals surface area contributed by atoms with Crippen LogP contribution in [0.4, 0.5) is 23.0 Å². The Hall–Kier alpha value is -3.92. The Bertz CT molecular complexity index is 1330. The van der Waals surface area contributed by atoms with E-state index in [-0.39, 0.29) is 5.91 Å². The Morgan fingerprint density at radius 2 is 2.03 bits per heavy atom. The van der Waals surface area contributed by atoms with E-state index in [1.54, 1.807) is 11.8 Å². The number of amides is 1. The highest BCUT2D eigenvalue weighted by Gasteiger charge is 2.39. The summed E-state index contributed by atoms with van der Waals surface area (Å²) in [5.41, 5.74) is 6.39. The Balaban J connectivity index is 1.12. The van der Waals surface area contributed by atoms with E-state index in [0.29, 0.717) is 44.5 Å². The fraction of sp³-hybridized carbons (Fsp3) is 0.407. The summed E-state index contributed by atoms with van der Waals surface area (Å²) < 4.78 is 5.68. The van der Waals surface area contributed by atoms with E-state index in [9.17, 15) is 9.90 Å². The number of aromatic nitrogens is 3. The van der Waals surface area contributed by atoms with Gasteiger partial charge in [-0.2, -0.15) is 0 Å². The Morgan fingerprint density at radius 3 is 2.81 bits per heavy atom. The number of hydrogen-bond donors (Lipinski definition) is 3. The number of benzene rings is 1. The quantitative estimate of drug-likeness (QED) is 0.485. The molecular formula is C27H31N7O3. The number of nitrogens with zero attached hydrogens (tertiary/aromatic N) is 5. The molecule has 10 nitrogen and oxygen atoms in total. The van der Waals surface area contributed by atoms with E-state index in [1.807, 2.05) is 36.7 Å².